The second kappa shape index (κ2) is 7.70. The van der Waals surface area contributed by atoms with Crippen LogP contribution in [0.25, 0.3) is 11.5 Å². The van der Waals surface area contributed by atoms with Gasteiger partial charge in [0, 0.05) is 11.6 Å². The SMILES string of the molecule is COc1cc([N+](=O)[O-])ccc1NC(=O)Cn1nc(-c2ccc(F)cc2)oc1=O. The van der Waals surface area contributed by atoms with E-state index in [4.69, 9.17) is 9.15 Å². The molecule has 0 fully saturated rings. The van der Waals surface area contributed by atoms with E-state index in [-0.39, 0.29) is 23.0 Å². The van der Waals surface area contributed by atoms with Crippen LogP contribution < -0.4 is 15.8 Å². The number of nitrogens with one attached hydrogen (secondary N) is 1. The van der Waals surface area contributed by atoms with Crippen LogP contribution in [-0.4, -0.2) is 27.7 Å². The number of nitro groups is 1. The maximum atomic E-state index is 13.0. The van der Waals surface area contributed by atoms with Crippen molar-refractivity contribution >= 4 is 17.3 Å². The van der Waals surface area contributed by atoms with Crippen molar-refractivity contribution in [1.82, 2.24) is 9.78 Å². The first kappa shape index (κ1) is 18.8. The molecule has 0 unspecified atom stereocenters. The highest BCUT2D eigenvalue weighted by molar-refractivity contribution is 5.92. The summed E-state index contributed by atoms with van der Waals surface area (Å²) in [6.45, 7) is -0.469. The summed E-state index contributed by atoms with van der Waals surface area (Å²) in [6, 6.07) is 8.80. The van der Waals surface area contributed by atoms with E-state index in [1.54, 1.807) is 0 Å². The second-order valence-electron chi connectivity index (χ2n) is 5.53. The van der Waals surface area contributed by atoms with E-state index in [0.29, 0.717) is 5.56 Å². The van der Waals surface area contributed by atoms with Gasteiger partial charge in [0.25, 0.3) is 5.69 Å². The largest absolute Gasteiger partial charge is 0.494 e. The molecule has 10 nitrogen and oxygen atoms in total. The lowest BCUT2D eigenvalue weighted by atomic mass is 10.2. The average molecular weight is 388 g/mol. The van der Waals surface area contributed by atoms with Gasteiger partial charge >= 0.3 is 5.76 Å². The molecule has 1 aromatic heterocycles. The van der Waals surface area contributed by atoms with Crippen LogP contribution in [-0.2, 0) is 11.3 Å². The Morgan fingerprint density at radius 1 is 1.32 bits per heavy atom. The molecule has 0 saturated heterocycles. The van der Waals surface area contributed by atoms with Gasteiger partial charge in [-0.1, -0.05) is 0 Å². The number of anilines is 1. The number of halogens is 1. The number of non-ortho nitro benzene ring substituents is 1. The minimum Gasteiger partial charge on any atom is -0.494 e. The van der Waals surface area contributed by atoms with Crippen molar-refractivity contribution in [2.75, 3.05) is 12.4 Å². The highest BCUT2D eigenvalue weighted by atomic mass is 19.1. The van der Waals surface area contributed by atoms with Gasteiger partial charge in [-0.3, -0.25) is 14.9 Å². The number of amides is 1. The molecule has 3 rings (SSSR count). The summed E-state index contributed by atoms with van der Waals surface area (Å²) in [5.41, 5.74) is 0.356. The first-order chi connectivity index (χ1) is 13.4. The van der Waals surface area contributed by atoms with Crippen LogP contribution in [0, 0.1) is 15.9 Å². The second-order valence-corrected chi connectivity index (χ2v) is 5.53. The van der Waals surface area contributed by atoms with Crippen LogP contribution in [0.2, 0.25) is 0 Å². The quantitative estimate of drug-likeness (QED) is 0.506. The molecule has 0 bridgehead atoms. The predicted molar refractivity (Wildman–Crippen MR) is 94.4 cm³/mol. The Bertz CT molecular complexity index is 1090. The molecular formula is C17H13FN4O6. The van der Waals surface area contributed by atoms with Crippen LogP contribution in [0.3, 0.4) is 0 Å². The zero-order chi connectivity index (χ0) is 20.3. The Kier molecular flexibility index (Phi) is 5.16. The average Bonchev–Trinajstić information content (AvgIpc) is 3.02. The molecule has 0 aliphatic carbocycles. The van der Waals surface area contributed by atoms with Crippen molar-refractivity contribution in [3.05, 3.63) is 68.9 Å². The molecule has 28 heavy (non-hydrogen) atoms. The molecule has 0 atom stereocenters. The van der Waals surface area contributed by atoms with Crippen molar-refractivity contribution in [2.24, 2.45) is 0 Å². The van der Waals surface area contributed by atoms with Crippen LogP contribution in [0.4, 0.5) is 15.8 Å². The molecule has 3 aromatic rings. The van der Waals surface area contributed by atoms with Gasteiger partial charge in [0.05, 0.1) is 23.8 Å². The summed E-state index contributed by atoms with van der Waals surface area (Å²) in [5.74, 6) is -1.94. The number of carbonyl (C=O) groups is 1. The summed E-state index contributed by atoms with van der Waals surface area (Å²) >= 11 is 0. The topological polar surface area (TPSA) is 130 Å². The third-order valence-electron chi connectivity index (χ3n) is 3.66. The fourth-order valence-electron chi connectivity index (χ4n) is 2.34. The number of hydrogen-bond acceptors (Lipinski definition) is 7. The minimum absolute atomic E-state index is 0.0642. The standard InChI is InChI=1S/C17H13FN4O6/c1-27-14-8-12(22(25)26)6-7-13(14)19-15(23)9-21-17(24)28-16(20-21)10-2-4-11(18)5-3-10/h2-8H,9H2,1H3,(H,19,23). The first-order valence-electron chi connectivity index (χ1n) is 7.83. The highest BCUT2D eigenvalue weighted by Gasteiger charge is 2.16. The third-order valence-corrected chi connectivity index (χ3v) is 3.66. The van der Waals surface area contributed by atoms with Gasteiger partial charge < -0.3 is 14.5 Å². The highest BCUT2D eigenvalue weighted by Crippen LogP contribution is 2.29. The Morgan fingerprint density at radius 3 is 2.68 bits per heavy atom. The van der Waals surface area contributed by atoms with E-state index in [9.17, 15) is 24.1 Å². The molecule has 0 saturated carbocycles. The van der Waals surface area contributed by atoms with Gasteiger partial charge in [0.1, 0.15) is 18.1 Å². The fourth-order valence-corrected chi connectivity index (χ4v) is 2.34. The smallest absolute Gasteiger partial charge is 0.437 e. The fraction of sp³-hybridized carbons (Fsp3) is 0.118. The molecule has 1 heterocycles. The Labute approximate surface area is 156 Å². The first-order valence-corrected chi connectivity index (χ1v) is 7.83. The van der Waals surface area contributed by atoms with Crippen molar-refractivity contribution in [3.63, 3.8) is 0 Å². The van der Waals surface area contributed by atoms with Crippen LogP contribution in [0.15, 0.2) is 51.7 Å². The molecule has 1 N–H and O–H groups in total. The molecule has 11 heteroatoms. The molecule has 144 valence electrons. The molecule has 1 amide bonds. The van der Waals surface area contributed by atoms with Gasteiger partial charge in [-0.25, -0.2) is 9.18 Å². The molecule has 0 aliphatic rings. The number of nitrogens with zero attached hydrogens (tertiary/aromatic N) is 3. The monoisotopic (exact) mass is 388 g/mol. The molecule has 2 aromatic carbocycles. The minimum atomic E-state index is -0.870. The summed E-state index contributed by atoms with van der Waals surface area (Å²) in [7, 11) is 1.30. The van der Waals surface area contributed by atoms with E-state index < -0.39 is 28.9 Å². The normalized spacial score (nSPS) is 10.5. The number of hydrogen-bond donors (Lipinski definition) is 1. The van der Waals surface area contributed by atoms with Crippen molar-refractivity contribution in [1.29, 1.82) is 0 Å². The number of benzene rings is 2. The zero-order valence-electron chi connectivity index (χ0n) is 14.4. The summed E-state index contributed by atoms with van der Waals surface area (Å²) in [6.07, 6.45) is 0. The van der Waals surface area contributed by atoms with Gasteiger partial charge in [-0.05, 0) is 30.3 Å². The zero-order valence-corrected chi connectivity index (χ0v) is 14.4. The Hall–Kier alpha value is -4.02. The van der Waals surface area contributed by atoms with E-state index in [1.807, 2.05) is 0 Å². The number of methoxy groups -OCH3 is 1. The Balaban J connectivity index is 1.76. The summed E-state index contributed by atoms with van der Waals surface area (Å²) < 4.78 is 23.8. The maximum absolute atomic E-state index is 13.0. The maximum Gasteiger partial charge on any atom is 0.437 e. The van der Waals surface area contributed by atoms with Crippen molar-refractivity contribution in [3.8, 4) is 17.2 Å². The molecule has 0 spiro atoms. The lowest BCUT2D eigenvalue weighted by Gasteiger charge is -2.09. The summed E-state index contributed by atoms with van der Waals surface area (Å²) in [4.78, 5) is 34.3. The van der Waals surface area contributed by atoms with Crippen LogP contribution >= 0.6 is 0 Å². The van der Waals surface area contributed by atoms with Gasteiger partial charge in [-0.15, -0.1) is 5.10 Å². The van der Waals surface area contributed by atoms with Crippen LogP contribution in [0.1, 0.15) is 0 Å². The number of rotatable bonds is 6. The van der Waals surface area contributed by atoms with E-state index in [1.165, 1.54) is 43.5 Å². The van der Waals surface area contributed by atoms with Gasteiger partial charge in [-0.2, -0.15) is 4.68 Å². The predicted octanol–water partition coefficient (Wildman–Crippen LogP) is 2.20. The molecular weight excluding hydrogens is 375 g/mol. The van der Waals surface area contributed by atoms with Gasteiger partial charge in [0.15, 0.2) is 0 Å². The molecule has 0 aliphatic heterocycles. The molecule has 0 radical (unpaired) electrons. The lowest BCUT2D eigenvalue weighted by molar-refractivity contribution is -0.384. The van der Waals surface area contributed by atoms with Crippen LogP contribution in [0.5, 0.6) is 5.75 Å². The van der Waals surface area contributed by atoms with Gasteiger partial charge in [0.2, 0.25) is 11.8 Å². The van der Waals surface area contributed by atoms with E-state index >= 15 is 0 Å². The van der Waals surface area contributed by atoms with E-state index in [0.717, 1.165) is 10.7 Å². The summed E-state index contributed by atoms with van der Waals surface area (Å²) in [5, 5.41) is 17.2. The number of aromatic nitrogens is 2. The number of carbonyl (C=O) groups excluding carboxylic acids is 1. The third kappa shape index (κ3) is 4.03. The number of ether oxygens (including phenoxy) is 1. The Morgan fingerprint density at radius 2 is 2.04 bits per heavy atom. The van der Waals surface area contributed by atoms with Crippen molar-refractivity contribution in [2.45, 2.75) is 6.54 Å². The lowest BCUT2D eigenvalue weighted by Crippen LogP contribution is -2.26. The van der Waals surface area contributed by atoms with Crippen molar-refractivity contribution < 1.29 is 23.3 Å². The number of nitro benzene ring substituents is 1. The van der Waals surface area contributed by atoms with E-state index in [2.05, 4.69) is 10.4 Å².